The Labute approximate surface area is 113 Å². The maximum Gasteiger partial charge on any atom is 0.123 e. The summed E-state index contributed by atoms with van der Waals surface area (Å²) in [6.45, 7) is 0. The zero-order valence-corrected chi connectivity index (χ0v) is 11.4. The molecule has 1 aromatic rings. The van der Waals surface area contributed by atoms with E-state index in [9.17, 15) is 4.39 Å². The first-order valence-electron chi connectivity index (χ1n) is 6.90. The molecule has 1 aliphatic carbocycles. The summed E-state index contributed by atoms with van der Waals surface area (Å²) < 4.78 is 13.1. The molecule has 1 aliphatic heterocycles. The van der Waals surface area contributed by atoms with Gasteiger partial charge in [0.25, 0.3) is 0 Å². The molecule has 1 saturated heterocycles. The number of hydrogen-bond donors (Lipinski definition) is 1. The van der Waals surface area contributed by atoms with Crippen LogP contribution in [0.3, 0.4) is 0 Å². The lowest BCUT2D eigenvalue weighted by Gasteiger charge is -2.39. The summed E-state index contributed by atoms with van der Waals surface area (Å²) in [5.41, 5.74) is 1.17. The van der Waals surface area contributed by atoms with Crippen molar-refractivity contribution in [1.29, 1.82) is 0 Å². The molecule has 0 amide bonds. The molecule has 18 heavy (non-hydrogen) atoms. The highest BCUT2D eigenvalue weighted by Gasteiger charge is 2.31. The minimum absolute atomic E-state index is 0.104. The summed E-state index contributed by atoms with van der Waals surface area (Å²) in [6.07, 6.45) is 4.97. The number of halogens is 1. The Bertz CT molecular complexity index is 397. The van der Waals surface area contributed by atoms with Gasteiger partial charge in [0.2, 0.25) is 0 Å². The topological polar surface area (TPSA) is 12.0 Å². The largest absolute Gasteiger partial charge is 0.311 e. The Kier molecular flexibility index (Phi) is 3.90. The fourth-order valence-electron chi connectivity index (χ4n) is 2.98. The normalized spacial score (nSPS) is 28.9. The predicted molar refractivity (Wildman–Crippen MR) is 75.6 cm³/mol. The zero-order chi connectivity index (χ0) is 12.4. The fourth-order valence-corrected chi connectivity index (χ4v) is 4.09. The predicted octanol–water partition coefficient (Wildman–Crippen LogP) is 3.56. The molecule has 0 aromatic heterocycles. The minimum Gasteiger partial charge on any atom is -0.311 e. The van der Waals surface area contributed by atoms with Crippen molar-refractivity contribution in [2.45, 2.75) is 43.7 Å². The summed E-state index contributed by atoms with van der Waals surface area (Å²) in [5.74, 6) is 3.07. The first-order valence-corrected chi connectivity index (χ1v) is 8.06. The molecule has 98 valence electrons. The summed E-state index contributed by atoms with van der Waals surface area (Å²) >= 11 is 2.07. The molecule has 1 nitrogen and oxygen atoms in total. The number of benzene rings is 1. The van der Waals surface area contributed by atoms with E-state index >= 15 is 0 Å². The third kappa shape index (κ3) is 2.89. The Morgan fingerprint density at radius 1 is 1.11 bits per heavy atom. The van der Waals surface area contributed by atoms with Crippen molar-refractivity contribution in [3.8, 4) is 0 Å². The van der Waals surface area contributed by atoms with Crippen molar-refractivity contribution >= 4 is 11.8 Å². The van der Waals surface area contributed by atoms with E-state index < -0.39 is 0 Å². The average Bonchev–Trinajstić information content (AvgIpc) is 2.34. The summed E-state index contributed by atoms with van der Waals surface area (Å²) in [7, 11) is 0. The van der Waals surface area contributed by atoms with Gasteiger partial charge in [0.05, 0.1) is 0 Å². The molecule has 3 rings (SSSR count). The van der Waals surface area contributed by atoms with Gasteiger partial charge in [-0.2, -0.15) is 11.8 Å². The first-order chi connectivity index (χ1) is 8.81. The average molecular weight is 265 g/mol. The second-order valence-electron chi connectivity index (χ2n) is 5.47. The molecule has 1 saturated carbocycles. The second-order valence-corrected chi connectivity index (χ2v) is 6.70. The monoisotopic (exact) mass is 265 g/mol. The van der Waals surface area contributed by atoms with Gasteiger partial charge in [-0.1, -0.05) is 12.1 Å². The summed E-state index contributed by atoms with van der Waals surface area (Å²) in [6, 6.07) is 8.48. The molecule has 3 heteroatoms. The van der Waals surface area contributed by atoms with Gasteiger partial charge in [0.15, 0.2) is 0 Å². The Morgan fingerprint density at radius 3 is 2.61 bits per heavy atom. The van der Waals surface area contributed by atoms with Gasteiger partial charge in [-0.05, 0) is 60.8 Å². The van der Waals surface area contributed by atoms with Crippen molar-refractivity contribution in [2.24, 2.45) is 0 Å². The molecule has 1 heterocycles. The Balaban J connectivity index is 1.48. The summed E-state index contributed by atoms with van der Waals surface area (Å²) in [4.78, 5) is 0. The van der Waals surface area contributed by atoms with E-state index in [0.717, 1.165) is 6.04 Å². The number of nitrogens with one attached hydrogen (secondary N) is 1. The first kappa shape index (κ1) is 12.5. The van der Waals surface area contributed by atoms with Crippen LogP contribution in [0.5, 0.6) is 0 Å². The van der Waals surface area contributed by atoms with Gasteiger partial charge >= 0.3 is 0 Å². The zero-order valence-electron chi connectivity index (χ0n) is 10.6. The van der Waals surface area contributed by atoms with Gasteiger partial charge in [-0.25, -0.2) is 4.39 Å². The highest BCUT2D eigenvalue weighted by Crippen LogP contribution is 2.37. The standard InChI is InChI=1S/C15H20FNS/c16-13-3-1-2-11(8-13)12-9-15(10-12)17-14-4-6-18-7-5-14/h1-3,8,12,14-15,17H,4-7,9-10H2. The number of thioether (sulfide) groups is 1. The van der Waals surface area contributed by atoms with E-state index in [1.807, 2.05) is 6.07 Å². The van der Waals surface area contributed by atoms with Gasteiger partial charge in [0.1, 0.15) is 5.82 Å². The highest BCUT2D eigenvalue weighted by atomic mass is 32.2. The van der Waals surface area contributed by atoms with Crippen LogP contribution in [0.15, 0.2) is 24.3 Å². The molecule has 2 aliphatic rings. The van der Waals surface area contributed by atoms with Crippen LogP contribution in [0.25, 0.3) is 0 Å². The maximum atomic E-state index is 13.1. The maximum absolute atomic E-state index is 13.1. The van der Waals surface area contributed by atoms with Gasteiger partial charge in [-0.15, -0.1) is 0 Å². The lowest BCUT2D eigenvalue weighted by Crippen LogP contribution is -2.46. The van der Waals surface area contributed by atoms with Crippen LogP contribution >= 0.6 is 11.8 Å². The van der Waals surface area contributed by atoms with Gasteiger partial charge in [0, 0.05) is 12.1 Å². The van der Waals surface area contributed by atoms with Crippen LogP contribution in [-0.4, -0.2) is 23.6 Å². The van der Waals surface area contributed by atoms with E-state index in [0.29, 0.717) is 12.0 Å². The fraction of sp³-hybridized carbons (Fsp3) is 0.600. The molecule has 1 N–H and O–H groups in total. The van der Waals surface area contributed by atoms with Crippen LogP contribution in [-0.2, 0) is 0 Å². The van der Waals surface area contributed by atoms with Crippen LogP contribution in [0.4, 0.5) is 4.39 Å². The SMILES string of the molecule is Fc1cccc(C2CC(NC3CCSCC3)C2)c1. The van der Waals surface area contributed by atoms with Crippen molar-refractivity contribution in [2.75, 3.05) is 11.5 Å². The number of rotatable bonds is 3. The van der Waals surface area contributed by atoms with E-state index in [4.69, 9.17) is 0 Å². The molecule has 0 bridgehead atoms. The highest BCUT2D eigenvalue weighted by molar-refractivity contribution is 7.99. The van der Waals surface area contributed by atoms with E-state index in [2.05, 4.69) is 23.1 Å². The van der Waals surface area contributed by atoms with Crippen LogP contribution in [0.2, 0.25) is 0 Å². The molecular formula is C15H20FNS. The summed E-state index contributed by atoms with van der Waals surface area (Å²) in [5, 5.41) is 3.76. The van der Waals surface area contributed by atoms with Crippen molar-refractivity contribution in [3.63, 3.8) is 0 Å². The molecule has 0 atom stereocenters. The van der Waals surface area contributed by atoms with Gasteiger partial charge < -0.3 is 5.32 Å². The van der Waals surface area contributed by atoms with Crippen LogP contribution in [0, 0.1) is 5.82 Å². The lowest BCUT2D eigenvalue weighted by atomic mass is 9.75. The molecule has 0 spiro atoms. The van der Waals surface area contributed by atoms with Crippen molar-refractivity contribution < 1.29 is 4.39 Å². The Hall–Kier alpha value is -0.540. The second kappa shape index (κ2) is 5.62. The Morgan fingerprint density at radius 2 is 1.89 bits per heavy atom. The third-order valence-corrected chi connectivity index (χ3v) is 5.20. The molecule has 0 unspecified atom stereocenters. The van der Waals surface area contributed by atoms with Gasteiger partial charge in [-0.3, -0.25) is 0 Å². The quantitative estimate of drug-likeness (QED) is 0.897. The molecule has 2 fully saturated rings. The molecular weight excluding hydrogens is 245 g/mol. The molecule has 0 radical (unpaired) electrons. The van der Waals surface area contributed by atoms with Crippen LogP contribution < -0.4 is 5.32 Å². The third-order valence-electron chi connectivity index (χ3n) is 4.15. The van der Waals surface area contributed by atoms with E-state index in [1.54, 1.807) is 6.07 Å². The van der Waals surface area contributed by atoms with Crippen molar-refractivity contribution in [1.82, 2.24) is 5.32 Å². The smallest absolute Gasteiger partial charge is 0.123 e. The number of hydrogen-bond acceptors (Lipinski definition) is 2. The lowest BCUT2D eigenvalue weighted by molar-refractivity contribution is 0.258. The van der Waals surface area contributed by atoms with E-state index in [-0.39, 0.29) is 5.82 Å². The van der Waals surface area contributed by atoms with Crippen molar-refractivity contribution in [3.05, 3.63) is 35.6 Å². The van der Waals surface area contributed by atoms with E-state index in [1.165, 1.54) is 48.8 Å². The molecule has 1 aromatic carbocycles. The minimum atomic E-state index is -0.104. The van der Waals surface area contributed by atoms with Crippen LogP contribution in [0.1, 0.15) is 37.2 Å².